The minimum absolute atomic E-state index is 0.0648. The number of esters is 2. The summed E-state index contributed by atoms with van der Waals surface area (Å²) in [7, 11) is 0. The summed E-state index contributed by atoms with van der Waals surface area (Å²) in [6.45, 7) is 0. The van der Waals surface area contributed by atoms with Crippen molar-refractivity contribution < 1.29 is 33.8 Å². The zero-order valence-electron chi connectivity index (χ0n) is 17.0. The van der Waals surface area contributed by atoms with Crippen LogP contribution in [0.15, 0.2) is 84.9 Å². The van der Waals surface area contributed by atoms with Crippen molar-refractivity contribution in [2.24, 2.45) is 0 Å². The van der Waals surface area contributed by atoms with Crippen LogP contribution in [0.25, 0.3) is 0 Å². The highest BCUT2D eigenvalue weighted by Crippen LogP contribution is 2.17. The molecule has 0 aliphatic carbocycles. The van der Waals surface area contributed by atoms with Gasteiger partial charge in [-0.15, -0.1) is 0 Å². The molecule has 0 fully saturated rings. The minimum Gasteiger partial charge on any atom is -0.478 e. The molecule has 0 bridgehead atoms. The molecular formula is C24H18ClNO7. The lowest BCUT2D eigenvalue weighted by Gasteiger charge is -2.23. The van der Waals surface area contributed by atoms with Crippen molar-refractivity contribution in [3.8, 4) is 0 Å². The average molecular weight is 468 g/mol. The van der Waals surface area contributed by atoms with Crippen LogP contribution < -0.4 is 5.32 Å². The Hall–Kier alpha value is -4.17. The van der Waals surface area contributed by atoms with E-state index < -0.39 is 36.0 Å². The Morgan fingerprint density at radius 3 is 1.61 bits per heavy atom. The van der Waals surface area contributed by atoms with E-state index in [1.807, 2.05) is 0 Å². The monoisotopic (exact) mass is 467 g/mol. The third-order valence-corrected chi connectivity index (χ3v) is 4.63. The maximum Gasteiger partial charge on any atom is 0.349 e. The normalized spacial score (nSPS) is 12.2. The number of anilines is 1. The van der Waals surface area contributed by atoms with Crippen LogP contribution in [0.2, 0.25) is 5.02 Å². The molecule has 3 aromatic carbocycles. The Kier molecular flexibility index (Phi) is 7.77. The van der Waals surface area contributed by atoms with Crippen LogP contribution in [0.4, 0.5) is 5.69 Å². The first-order valence-electron chi connectivity index (χ1n) is 9.66. The van der Waals surface area contributed by atoms with Crippen molar-refractivity contribution in [3.63, 3.8) is 0 Å². The Morgan fingerprint density at radius 2 is 1.15 bits per heavy atom. The van der Waals surface area contributed by atoms with Crippen LogP contribution in [-0.2, 0) is 19.1 Å². The van der Waals surface area contributed by atoms with Crippen LogP contribution in [0.1, 0.15) is 20.7 Å². The summed E-state index contributed by atoms with van der Waals surface area (Å²) in [4.78, 5) is 50.0. The lowest BCUT2D eigenvalue weighted by atomic mass is 10.1. The van der Waals surface area contributed by atoms with Crippen molar-refractivity contribution in [2.75, 3.05) is 5.32 Å². The van der Waals surface area contributed by atoms with E-state index in [0.717, 1.165) is 0 Å². The molecule has 0 saturated carbocycles. The predicted octanol–water partition coefficient (Wildman–Crippen LogP) is 3.81. The molecule has 0 radical (unpaired) electrons. The predicted molar refractivity (Wildman–Crippen MR) is 119 cm³/mol. The maximum atomic E-state index is 13.0. The van der Waals surface area contributed by atoms with Gasteiger partial charge in [0, 0.05) is 10.7 Å². The molecule has 3 aromatic rings. The van der Waals surface area contributed by atoms with Crippen LogP contribution in [0.5, 0.6) is 0 Å². The topological polar surface area (TPSA) is 119 Å². The first-order chi connectivity index (χ1) is 15.8. The van der Waals surface area contributed by atoms with Crippen LogP contribution in [-0.4, -0.2) is 41.1 Å². The molecular weight excluding hydrogens is 450 g/mol. The van der Waals surface area contributed by atoms with Gasteiger partial charge in [0.1, 0.15) is 0 Å². The molecule has 0 aromatic heterocycles. The van der Waals surface area contributed by atoms with Crippen molar-refractivity contribution in [1.29, 1.82) is 0 Å². The fourth-order valence-electron chi connectivity index (χ4n) is 2.76. The number of rotatable bonds is 8. The van der Waals surface area contributed by atoms with E-state index in [-0.39, 0.29) is 16.8 Å². The fourth-order valence-corrected chi connectivity index (χ4v) is 2.88. The second-order valence-corrected chi connectivity index (χ2v) is 7.15. The molecule has 33 heavy (non-hydrogen) atoms. The molecule has 1 amide bonds. The molecule has 8 nitrogen and oxygen atoms in total. The number of halogens is 1. The summed E-state index contributed by atoms with van der Waals surface area (Å²) in [5, 5.41) is 12.6. The summed E-state index contributed by atoms with van der Waals surface area (Å²) < 4.78 is 10.3. The summed E-state index contributed by atoms with van der Waals surface area (Å²) >= 11 is 5.84. The average Bonchev–Trinajstić information content (AvgIpc) is 2.83. The highest BCUT2D eigenvalue weighted by molar-refractivity contribution is 6.30. The van der Waals surface area contributed by atoms with Crippen LogP contribution in [0.3, 0.4) is 0 Å². The van der Waals surface area contributed by atoms with E-state index >= 15 is 0 Å². The zero-order chi connectivity index (χ0) is 23.8. The lowest BCUT2D eigenvalue weighted by Crippen LogP contribution is -2.48. The molecule has 3 rings (SSSR count). The van der Waals surface area contributed by atoms with Crippen molar-refractivity contribution in [2.45, 2.75) is 12.2 Å². The Morgan fingerprint density at radius 1 is 0.697 bits per heavy atom. The summed E-state index contributed by atoms with van der Waals surface area (Å²) in [5.41, 5.74) is 0.416. The molecule has 0 spiro atoms. The number of aliphatic carboxylic acids is 1. The number of hydrogen-bond donors (Lipinski definition) is 2. The van der Waals surface area contributed by atoms with E-state index in [4.69, 9.17) is 21.1 Å². The number of ether oxygens (including phenoxy) is 2. The third kappa shape index (κ3) is 6.41. The van der Waals surface area contributed by atoms with Crippen LogP contribution in [0, 0.1) is 0 Å². The second-order valence-electron chi connectivity index (χ2n) is 6.72. The minimum atomic E-state index is -2.11. The van der Waals surface area contributed by atoms with Gasteiger partial charge in [0.15, 0.2) is 0 Å². The molecule has 2 N–H and O–H groups in total. The number of nitrogens with one attached hydrogen (secondary N) is 1. The van der Waals surface area contributed by atoms with Crippen molar-refractivity contribution in [1.82, 2.24) is 0 Å². The SMILES string of the molecule is O=C(O[C@H](C(=O)O)[C@H](OC(=O)c1ccccc1)C(=O)Nc1ccc(Cl)cc1)c1ccccc1. The number of benzene rings is 3. The Balaban J connectivity index is 1.89. The number of amides is 1. The number of carboxylic acid groups (broad SMARTS) is 1. The van der Waals surface area contributed by atoms with Gasteiger partial charge in [-0.05, 0) is 48.5 Å². The van der Waals surface area contributed by atoms with E-state index in [1.165, 1.54) is 48.5 Å². The lowest BCUT2D eigenvalue weighted by molar-refractivity contribution is -0.157. The Bertz CT molecular complexity index is 1130. The smallest absolute Gasteiger partial charge is 0.349 e. The largest absolute Gasteiger partial charge is 0.478 e. The molecule has 0 aliphatic heterocycles. The van der Waals surface area contributed by atoms with E-state index in [1.54, 1.807) is 36.4 Å². The number of carboxylic acids is 1. The van der Waals surface area contributed by atoms with Gasteiger partial charge in [0.05, 0.1) is 11.1 Å². The van der Waals surface area contributed by atoms with Gasteiger partial charge in [-0.2, -0.15) is 0 Å². The van der Waals surface area contributed by atoms with Crippen LogP contribution >= 0.6 is 11.6 Å². The molecule has 9 heteroatoms. The standard InChI is InChI=1S/C24H18ClNO7/c25-17-11-13-18(14-12-17)26-21(27)19(32-23(30)15-7-3-1-4-8-15)20(22(28)29)33-24(31)16-9-5-2-6-10-16/h1-14,19-20H,(H,26,27)(H,28,29)/t19-,20-/m0/s1. The first-order valence-corrected chi connectivity index (χ1v) is 10.0. The number of carbonyl (C=O) groups excluding carboxylic acids is 3. The van der Waals surface area contributed by atoms with E-state index in [2.05, 4.69) is 5.32 Å². The molecule has 2 atom stereocenters. The molecule has 0 unspecified atom stereocenters. The van der Waals surface area contributed by atoms with Gasteiger partial charge < -0.3 is 19.9 Å². The molecule has 168 valence electrons. The Labute approximate surface area is 193 Å². The fraction of sp³-hybridized carbons (Fsp3) is 0.0833. The summed E-state index contributed by atoms with van der Waals surface area (Å²) in [6, 6.07) is 21.3. The zero-order valence-corrected chi connectivity index (χ0v) is 17.8. The first kappa shape index (κ1) is 23.5. The van der Waals surface area contributed by atoms with E-state index in [9.17, 15) is 24.3 Å². The second kappa shape index (κ2) is 10.9. The number of carbonyl (C=O) groups is 4. The van der Waals surface area contributed by atoms with Gasteiger partial charge in [-0.1, -0.05) is 48.0 Å². The van der Waals surface area contributed by atoms with Gasteiger partial charge in [-0.3, -0.25) is 4.79 Å². The highest BCUT2D eigenvalue weighted by atomic mass is 35.5. The molecule has 0 heterocycles. The number of hydrogen-bond acceptors (Lipinski definition) is 6. The van der Waals surface area contributed by atoms with Crippen molar-refractivity contribution >= 4 is 41.1 Å². The summed E-state index contributed by atoms with van der Waals surface area (Å²) in [5.74, 6) is -4.64. The molecule has 0 aliphatic rings. The molecule has 0 saturated heterocycles. The highest BCUT2D eigenvalue weighted by Gasteiger charge is 2.41. The van der Waals surface area contributed by atoms with E-state index in [0.29, 0.717) is 5.02 Å². The maximum absolute atomic E-state index is 13.0. The quantitative estimate of drug-likeness (QED) is 0.483. The van der Waals surface area contributed by atoms with Gasteiger partial charge in [-0.25, -0.2) is 14.4 Å². The van der Waals surface area contributed by atoms with Crippen molar-refractivity contribution in [3.05, 3.63) is 101 Å². The van der Waals surface area contributed by atoms with Gasteiger partial charge >= 0.3 is 17.9 Å². The van der Waals surface area contributed by atoms with Gasteiger partial charge in [0.25, 0.3) is 5.91 Å². The van der Waals surface area contributed by atoms with Gasteiger partial charge in [0.2, 0.25) is 12.2 Å². The third-order valence-electron chi connectivity index (χ3n) is 4.38. The summed E-state index contributed by atoms with van der Waals surface area (Å²) in [6.07, 6.45) is -4.10.